The van der Waals surface area contributed by atoms with E-state index in [-0.39, 0.29) is 12.6 Å². The van der Waals surface area contributed by atoms with Crippen molar-refractivity contribution in [1.29, 1.82) is 0 Å². The topological polar surface area (TPSA) is 37.2 Å². The molecule has 86 valence electrons. The molecule has 0 aromatic carbocycles. The summed E-state index contributed by atoms with van der Waals surface area (Å²) >= 11 is 0. The van der Waals surface area contributed by atoms with Crippen LogP contribution in [-0.2, 0) is 13.1 Å². The van der Waals surface area contributed by atoms with E-state index in [0.717, 1.165) is 25.9 Å². The molecular formula is C12H22N2O. The van der Waals surface area contributed by atoms with Crippen molar-refractivity contribution in [3.05, 3.63) is 24.0 Å². The highest BCUT2D eigenvalue weighted by Crippen LogP contribution is 2.03. The number of nitrogens with zero attached hydrogens (tertiary/aromatic N) is 1. The van der Waals surface area contributed by atoms with Gasteiger partial charge in [0.05, 0.1) is 6.61 Å². The zero-order chi connectivity index (χ0) is 11.1. The minimum Gasteiger partial charge on any atom is -0.395 e. The molecule has 0 fully saturated rings. The van der Waals surface area contributed by atoms with Crippen molar-refractivity contribution in [3.63, 3.8) is 0 Å². The molecule has 1 rings (SSSR count). The average Bonchev–Trinajstić information content (AvgIpc) is 2.68. The van der Waals surface area contributed by atoms with Crippen molar-refractivity contribution >= 4 is 0 Å². The van der Waals surface area contributed by atoms with Crippen LogP contribution in [0.25, 0.3) is 0 Å². The van der Waals surface area contributed by atoms with Gasteiger partial charge < -0.3 is 15.0 Å². The Balaban J connectivity index is 2.36. The Kier molecular flexibility index (Phi) is 5.43. The van der Waals surface area contributed by atoms with Crippen LogP contribution in [-0.4, -0.2) is 22.3 Å². The highest BCUT2D eigenvalue weighted by Gasteiger charge is 2.03. The maximum absolute atomic E-state index is 9.03. The number of aliphatic hydroxyl groups excluding tert-OH is 1. The zero-order valence-electron chi connectivity index (χ0n) is 9.74. The Bertz CT molecular complexity index is 266. The van der Waals surface area contributed by atoms with E-state index in [1.165, 1.54) is 5.56 Å². The van der Waals surface area contributed by atoms with Crippen LogP contribution in [0.1, 0.15) is 32.3 Å². The lowest BCUT2D eigenvalue weighted by atomic mass is 10.2. The van der Waals surface area contributed by atoms with Gasteiger partial charge in [0.15, 0.2) is 0 Å². The van der Waals surface area contributed by atoms with E-state index in [9.17, 15) is 0 Å². The highest BCUT2D eigenvalue weighted by atomic mass is 16.3. The van der Waals surface area contributed by atoms with Crippen molar-refractivity contribution in [1.82, 2.24) is 9.88 Å². The number of aromatic nitrogens is 1. The highest BCUT2D eigenvalue weighted by molar-refractivity contribution is 5.10. The predicted octanol–water partition coefficient (Wildman–Crippen LogP) is 1.76. The lowest BCUT2D eigenvalue weighted by Gasteiger charge is -2.12. The van der Waals surface area contributed by atoms with Crippen LogP contribution in [0.5, 0.6) is 0 Å². The molecule has 0 bridgehead atoms. The van der Waals surface area contributed by atoms with E-state index in [4.69, 9.17) is 5.11 Å². The SMILES string of the molecule is CCCn1ccc(CNC(CC)CO)c1. The van der Waals surface area contributed by atoms with Crippen molar-refractivity contribution < 1.29 is 5.11 Å². The molecule has 0 spiro atoms. The molecule has 2 N–H and O–H groups in total. The first kappa shape index (κ1) is 12.3. The molecule has 3 heteroatoms. The number of hydrogen-bond acceptors (Lipinski definition) is 2. The van der Waals surface area contributed by atoms with Crippen molar-refractivity contribution in [2.75, 3.05) is 6.61 Å². The molecule has 0 aliphatic rings. The lowest BCUT2D eigenvalue weighted by molar-refractivity contribution is 0.238. The van der Waals surface area contributed by atoms with Crippen LogP contribution < -0.4 is 5.32 Å². The number of rotatable bonds is 7. The molecule has 1 unspecified atom stereocenters. The standard InChI is InChI=1S/C12H22N2O/c1-3-6-14-7-5-11(9-14)8-13-12(4-2)10-15/h5,7,9,12-13,15H,3-4,6,8,10H2,1-2H3. The van der Waals surface area contributed by atoms with Crippen molar-refractivity contribution in [3.8, 4) is 0 Å². The Labute approximate surface area is 92.1 Å². The summed E-state index contributed by atoms with van der Waals surface area (Å²) in [5, 5.41) is 12.4. The van der Waals surface area contributed by atoms with E-state index in [0.29, 0.717) is 0 Å². The number of aliphatic hydroxyl groups is 1. The molecule has 3 nitrogen and oxygen atoms in total. The predicted molar refractivity (Wildman–Crippen MR) is 62.7 cm³/mol. The van der Waals surface area contributed by atoms with Gasteiger partial charge in [-0.2, -0.15) is 0 Å². The lowest BCUT2D eigenvalue weighted by Crippen LogP contribution is -2.31. The molecule has 1 atom stereocenters. The summed E-state index contributed by atoms with van der Waals surface area (Å²) in [6, 6.07) is 2.35. The van der Waals surface area contributed by atoms with Gasteiger partial charge in [0.1, 0.15) is 0 Å². The zero-order valence-corrected chi connectivity index (χ0v) is 9.74. The molecule has 0 saturated carbocycles. The molecule has 0 saturated heterocycles. The minimum atomic E-state index is 0.214. The maximum Gasteiger partial charge on any atom is 0.0584 e. The van der Waals surface area contributed by atoms with Gasteiger partial charge in [0.25, 0.3) is 0 Å². The van der Waals surface area contributed by atoms with E-state index >= 15 is 0 Å². The van der Waals surface area contributed by atoms with E-state index in [2.05, 4.69) is 42.2 Å². The summed E-state index contributed by atoms with van der Waals surface area (Å²) in [4.78, 5) is 0. The van der Waals surface area contributed by atoms with Gasteiger partial charge in [-0.15, -0.1) is 0 Å². The second-order valence-corrected chi connectivity index (χ2v) is 3.93. The molecule has 1 aromatic heterocycles. The molecule has 0 amide bonds. The largest absolute Gasteiger partial charge is 0.395 e. The fourth-order valence-corrected chi connectivity index (χ4v) is 1.59. The summed E-state index contributed by atoms with van der Waals surface area (Å²) in [5.74, 6) is 0. The first-order chi connectivity index (χ1) is 7.30. The summed E-state index contributed by atoms with van der Waals surface area (Å²) in [5.41, 5.74) is 1.29. The van der Waals surface area contributed by atoms with E-state index < -0.39 is 0 Å². The van der Waals surface area contributed by atoms with Crippen LogP contribution >= 0.6 is 0 Å². The van der Waals surface area contributed by atoms with Crippen molar-refractivity contribution in [2.24, 2.45) is 0 Å². The van der Waals surface area contributed by atoms with Crippen LogP contribution in [0, 0.1) is 0 Å². The van der Waals surface area contributed by atoms with E-state index in [1.807, 2.05) is 0 Å². The second kappa shape index (κ2) is 6.64. The quantitative estimate of drug-likeness (QED) is 0.719. The third-order valence-corrected chi connectivity index (χ3v) is 2.60. The van der Waals surface area contributed by atoms with Gasteiger partial charge in [-0.3, -0.25) is 0 Å². The normalized spacial score (nSPS) is 13.0. The Morgan fingerprint density at radius 2 is 2.27 bits per heavy atom. The number of aryl methyl sites for hydroxylation is 1. The molecule has 0 aliphatic heterocycles. The smallest absolute Gasteiger partial charge is 0.0584 e. The van der Waals surface area contributed by atoms with Gasteiger partial charge >= 0.3 is 0 Å². The first-order valence-corrected chi connectivity index (χ1v) is 5.79. The second-order valence-electron chi connectivity index (χ2n) is 3.93. The first-order valence-electron chi connectivity index (χ1n) is 5.79. The molecule has 1 aromatic rings. The minimum absolute atomic E-state index is 0.214. The Morgan fingerprint density at radius 3 is 2.87 bits per heavy atom. The van der Waals surface area contributed by atoms with Crippen LogP contribution in [0.3, 0.4) is 0 Å². The summed E-state index contributed by atoms with van der Waals surface area (Å²) in [7, 11) is 0. The average molecular weight is 210 g/mol. The van der Waals surface area contributed by atoms with Crippen LogP contribution in [0.15, 0.2) is 18.5 Å². The maximum atomic E-state index is 9.03. The van der Waals surface area contributed by atoms with Crippen LogP contribution in [0.4, 0.5) is 0 Å². The van der Waals surface area contributed by atoms with Gasteiger partial charge in [-0.1, -0.05) is 13.8 Å². The molecule has 0 radical (unpaired) electrons. The summed E-state index contributed by atoms with van der Waals surface area (Å²) in [6.07, 6.45) is 6.41. The summed E-state index contributed by atoms with van der Waals surface area (Å²) < 4.78 is 2.21. The van der Waals surface area contributed by atoms with Crippen LogP contribution in [0.2, 0.25) is 0 Å². The third kappa shape index (κ3) is 4.06. The van der Waals surface area contributed by atoms with Crippen molar-refractivity contribution in [2.45, 2.75) is 45.8 Å². The van der Waals surface area contributed by atoms with Gasteiger partial charge in [0.2, 0.25) is 0 Å². The monoisotopic (exact) mass is 210 g/mol. The molecule has 0 aliphatic carbocycles. The molecule has 1 heterocycles. The van der Waals surface area contributed by atoms with Gasteiger partial charge in [-0.25, -0.2) is 0 Å². The number of nitrogens with one attached hydrogen (secondary N) is 1. The summed E-state index contributed by atoms with van der Waals surface area (Å²) in [6.45, 7) is 6.39. The fraction of sp³-hybridized carbons (Fsp3) is 0.667. The van der Waals surface area contributed by atoms with Gasteiger partial charge in [-0.05, 0) is 24.5 Å². The Hall–Kier alpha value is -0.800. The number of hydrogen-bond donors (Lipinski definition) is 2. The third-order valence-electron chi connectivity index (χ3n) is 2.60. The molecule has 15 heavy (non-hydrogen) atoms. The Morgan fingerprint density at radius 1 is 1.47 bits per heavy atom. The van der Waals surface area contributed by atoms with E-state index in [1.54, 1.807) is 0 Å². The fourth-order valence-electron chi connectivity index (χ4n) is 1.59. The van der Waals surface area contributed by atoms with Gasteiger partial charge in [0, 0.05) is 31.5 Å². The molecular weight excluding hydrogens is 188 g/mol.